The van der Waals surface area contributed by atoms with E-state index in [4.69, 9.17) is 14.9 Å². The van der Waals surface area contributed by atoms with Crippen molar-refractivity contribution in [3.63, 3.8) is 0 Å². The minimum Gasteiger partial charge on any atom is -0.464 e. The van der Waals surface area contributed by atoms with E-state index in [1.807, 2.05) is 32.9 Å². The maximum atomic E-state index is 5.90. The first kappa shape index (κ1) is 12.3. The first-order valence-electron chi connectivity index (χ1n) is 5.52. The van der Waals surface area contributed by atoms with E-state index in [0.717, 1.165) is 17.9 Å². The lowest BCUT2D eigenvalue weighted by Gasteiger charge is -2.23. The molecule has 3 unspecified atom stereocenters. The summed E-state index contributed by atoms with van der Waals surface area (Å²) in [4.78, 5) is 0. The molecule has 15 heavy (non-hydrogen) atoms. The molecule has 86 valence electrons. The van der Waals surface area contributed by atoms with E-state index in [2.05, 4.69) is 6.92 Å². The van der Waals surface area contributed by atoms with Crippen molar-refractivity contribution in [3.05, 3.63) is 23.7 Å². The van der Waals surface area contributed by atoms with Crippen LogP contribution in [-0.2, 0) is 4.74 Å². The van der Waals surface area contributed by atoms with Crippen LogP contribution in [0.2, 0.25) is 0 Å². The molecule has 0 aliphatic rings. The van der Waals surface area contributed by atoms with E-state index in [0.29, 0.717) is 0 Å². The first-order valence-corrected chi connectivity index (χ1v) is 5.52. The Hall–Kier alpha value is -0.800. The highest BCUT2D eigenvalue weighted by atomic mass is 16.5. The highest BCUT2D eigenvalue weighted by Gasteiger charge is 2.22. The lowest BCUT2D eigenvalue weighted by molar-refractivity contribution is -0.0275. The Morgan fingerprint density at radius 1 is 1.40 bits per heavy atom. The quantitative estimate of drug-likeness (QED) is 0.814. The van der Waals surface area contributed by atoms with Crippen LogP contribution in [0.25, 0.3) is 0 Å². The maximum Gasteiger partial charge on any atom is 0.134 e. The number of aryl methyl sites for hydroxylation is 1. The van der Waals surface area contributed by atoms with E-state index >= 15 is 0 Å². The molecule has 1 rings (SSSR count). The van der Waals surface area contributed by atoms with E-state index in [1.54, 1.807) is 0 Å². The van der Waals surface area contributed by atoms with Gasteiger partial charge in [-0.3, -0.25) is 0 Å². The third-order valence-electron chi connectivity index (χ3n) is 2.47. The Kier molecular flexibility index (Phi) is 4.36. The average molecular weight is 211 g/mol. The topological polar surface area (TPSA) is 48.4 Å². The predicted octanol–water partition coefficient (Wildman–Crippen LogP) is 2.79. The van der Waals surface area contributed by atoms with E-state index < -0.39 is 0 Å². The fourth-order valence-corrected chi connectivity index (χ4v) is 1.40. The van der Waals surface area contributed by atoms with Gasteiger partial charge in [0.15, 0.2) is 0 Å². The summed E-state index contributed by atoms with van der Waals surface area (Å²) in [5.74, 6) is 1.71. The minimum atomic E-state index is -0.145. The summed E-state index contributed by atoms with van der Waals surface area (Å²) in [7, 11) is 0. The fourth-order valence-electron chi connectivity index (χ4n) is 1.40. The molecule has 1 aromatic heterocycles. The second-order valence-electron chi connectivity index (χ2n) is 4.08. The molecule has 1 heterocycles. The van der Waals surface area contributed by atoms with Crippen LogP contribution in [0.5, 0.6) is 0 Å². The third kappa shape index (κ3) is 3.36. The molecule has 0 aliphatic carbocycles. The van der Waals surface area contributed by atoms with Gasteiger partial charge in [0.05, 0.1) is 6.10 Å². The Labute approximate surface area is 91.6 Å². The Balaban J connectivity index is 2.74. The van der Waals surface area contributed by atoms with Gasteiger partial charge >= 0.3 is 0 Å². The first-order chi connectivity index (χ1) is 7.04. The van der Waals surface area contributed by atoms with Crippen LogP contribution in [-0.4, -0.2) is 12.1 Å². The summed E-state index contributed by atoms with van der Waals surface area (Å²) in [6, 6.07) is 3.81. The summed E-state index contributed by atoms with van der Waals surface area (Å²) in [6.07, 6.45) is 1.03. The molecule has 3 heteroatoms. The number of ether oxygens (including phenoxy) is 1. The van der Waals surface area contributed by atoms with Crippen LogP contribution < -0.4 is 5.73 Å². The summed E-state index contributed by atoms with van der Waals surface area (Å²) in [5, 5.41) is 0. The highest BCUT2D eigenvalue weighted by Crippen LogP contribution is 2.24. The lowest BCUT2D eigenvalue weighted by atomic mass is 10.1. The summed E-state index contributed by atoms with van der Waals surface area (Å²) in [5.41, 5.74) is 5.90. The Bertz CT molecular complexity index is 294. The molecule has 3 atom stereocenters. The number of hydrogen-bond acceptors (Lipinski definition) is 3. The molecule has 0 amide bonds. The predicted molar refractivity (Wildman–Crippen MR) is 60.7 cm³/mol. The van der Waals surface area contributed by atoms with Crippen LogP contribution in [0.4, 0.5) is 0 Å². The van der Waals surface area contributed by atoms with Crippen LogP contribution in [0, 0.1) is 6.92 Å². The van der Waals surface area contributed by atoms with Crippen molar-refractivity contribution in [1.29, 1.82) is 0 Å². The smallest absolute Gasteiger partial charge is 0.134 e. The van der Waals surface area contributed by atoms with Gasteiger partial charge in [0, 0.05) is 6.04 Å². The van der Waals surface area contributed by atoms with Crippen molar-refractivity contribution in [2.75, 3.05) is 0 Å². The molecular formula is C12H21NO2. The fraction of sp³-hybridized carbons (Fsp3) is 0.667. The zero-order valence-corrected chi connectivity index (χ0v) is 9.99. The number of nitrogens with two attached hydrogens (primary N) is 1. The zero-order chi connectivity index (χ0) is 11.4. The molecule has 0 aliphatic heterocycles. The van der Waals surface area contributed by atoms with Gasteiger partial charge in [-0.15, -0.1) is 0 Å². The van der Waals surface area contributed by atoms with Gasteiger partial charge in [-0.25, -0.2) is 0 Å². The van der Waals surface area contributed by atoms with Crippen molar-refractivity contribution >= 4 is 0 Å². The third-order valence-corrected chi connectivity index (χ3v) is 2.47. The number of hydrogen-bond donors (Lipinski definition) is 1. The second-order valence-corrected chi connectivity index (χ2v) is 4.08. The molecule has 0 saturated heterocycles. The van der Waals surface area contributed by atoms with Crippen LogP contribution in [0.1, 0.15) is 44.8 Å². The standard InChI is InChI=1S/C12H21NO2/c1-5-8(2)15-12(10(4)13)11-7-6-9(3)14-11/h6-8,10,12H,5,13H2,1-4H3. The largest absolute Gasteiger partial charge is 0.464 e. The number of rotatable bonds is 5. The molecule has 3 nitrogen and oxygen atoms in total. The van der Waals surface area contributed by atoms with Gasteiger partial charge in [0.25, 0.3) is 0 Å². The SMILES string of the molecule is CCC(C)OC(c1ccc(C)o1)C(C)N. The Morgan fingerprint density at radius 3 is 2.47 bits per heavy atom. The maximum absolute atomic E-state index is 5.90. The molecule has 0 bridgehead atoms. The molecule has 0 saturated carbocycles. The van der Waals surface area contributed by atoms with Gasteiger partial charge < -0.3 is 14.9 Å². The van der Waals surface area contributed by atoms with E-state index in [9.17, 15) is 0 Å². The summed E-state index contributed by atoms with van der Waals surface area (Å²) in [6.45, 7) is 8.00. The summed E-state index contributed by atoms with van der Waals surface area (Å²) < 4.78 is 11.4. The average Bonchev–Trinajstić information content (AvgIpc) is 2.60. The molecule has 1 aromatic rings. The van der Waals surface area contributed by atoms with Crippen LogP contribution in [0.3, 0.4) is 0 Å². The van der Waals surface area contributed by atoms with E-state index in [-0.39, 0.29) is 18.2 Å². The number of furan rings is 1. The highest BCUT2D eigenvalue weighted by molar-refractivity contribution is 5.09. The van der Waals surface area contributed by atoms with Crippen LogP contribution in [0.15, 0.2) is 16.5 Å². The molecule has 0 fully saturated rings. The second kappa shape index (κ2) is 5.33. The van der Waals surface area contributed by atoms with Crippen molar-refractivity contribution in [2.24, 2.45) is 5.73 Å². The monoisotopic (exact) mass is 211 g/mol. The molecule has 2 N–H and O–H groups in total. The minimum absolute atomic E-state index is 0.0652. The Morgan fingerprint density at radius 2 is 2.07 bits per heavy atom. The van der Waals surface area contributed by atoms with Crippen molar-refractivity contribution < 1.29 is 9.15 Å². The van der Waals surface area contributed by atoms with Crippen LogP contribution >= 0.6 is 0 Å². The van der Waals surface area contributed by atoms with Gasteiger partial charge in [0.2, 0.25) is 0 Å². The molecule has 0 spiro atoms. The van der Waals surface area contributed by atoms with Gasteiger partial charge in [-0.05, 0) is 39.3 Å². The van der Waals surface area contributed by atoms with Crippen molar-refractivity contribution in [3.8, 4) is 0 Å². The van der Waals surface area contributed by atoms with Gasteiger partial charge in [-0.1, -0.05) is 6.92 Å². The molecule has 0 aromatic carbocycles. The molecular weight excluding hydrogens is 190 g/mol. The normalized spacial score (nSPS) is 17.4. The van der Waals surface area contributed by atoms with Crippen molar-refractivity contribution in [1.82, 2.24) is 0 Å². The molecule has 0 radical (unpaired) electrons. The van der Waals surface area contributed by atoms with E-state index in [1.165, 1.54) is 0 Å². The lowest BCUT2D eigenvalue weighted by Crippen LogP contribution is -2.29. The van der Waals surface area contributed by atoms with Gasteiger partial charge in [0.1, 0.15) is 17.6 Å². The van der Waals surface area contributed by atoms with Gasteiger partial charge in [-0.2, -0.15) is 0 Å². The van der Waals surface area contributed by atoms with Crippen molar-refractivity contribution in [2.45, 2.75) is 52.4 Å². The zero-order valence-electron chi connectivity index (χ0n) is 9.99. The summed E-state index contributed by atoms with van der Waals surface area (Å²) >= 11 is 0.